The van der Waals surface area contributed by atoms with Crippen LogP contribution in [0.3, 0.4) is 0 Å². The van der Waals surface area contributed by atoms with Gasteiger partial charge in [-0.1, -0.05) is 55.4 Å². The highest BCUT2D eigenvalue weighted by molar-refractivity contribution is 6.09. The van der Waals surface area contributed by atoms with E-state index in [1.54, 1.807) is 0 Å². The summed E-state index contributed by atoms with van der Waals surface area (Å²) in [7, 11) is 0. The van der Waals surface area contributed by atoms with Crippen LogP contribution in [-0.2, 0) is 14.3 Å². The van der Waals surface area contributed by atoms with E-state index < -0.39 is 0 Å². The molecule has 2 aromatic carbocycles. The molecule has 0 spiro atoms. The zero-order chi connectivity index (χ0) is 31.6. The number of carbonyl (C=O) groups is 1. The van der Waals surface area contributed by atoms with Gasteiger partial charge in [0.15, 0.2) is 11.5 Å². The molecule has 0 atom stereocenters. The number of carbonyl (C=O) groups excluding carboxylic acids is 1. The summed E-state index contributed by atoms with van der Waals surface area (Å²) in [5.74, 6) is 1.25. The maximum absolute atomic E-state index is 13.5. The zero-order valence-electron chi connectivity index (χ0n) is 27.8. The summed E-state index contributed by atoms with van der Waals surface area (Å²) in [6.07, 6.45) is 3.39. The molecular formula is C37H52N2O3. The third kappa shape index (κ3) is 7.11. The van der Waals surface area contributed by atoms with Gasteiger partial charge in [-0.15, -0.1) is 0 Å². The summed E-state index contributed by atoms with van der Waals surface area (Å²) >= 11 is 0. The lowest BCUT2D eigenvalue weighted by Crippen LogP contribution is -2.20. The van der Waals surface area contributed by atoms with Crippen molar-refractivity contribution in [1.82, 2.24) is 0 Å². The lowest BCUT2D eigenvalue weighted by atomic mass is 9.82. The van der Waals surface area contributed by atoms with Crippen LogP contribution < -0.4 is 11.5 Å². The van der Waals surface area contributed by atoms with Gasteiger partial charge in [-0.3, -0.25) is 4.79 Å². The molecule has 0 aromatic heterocycles. The Morgan fingerprint density at radius 2 is 0.833 bits per heavy atom. The highest BCUT2D eigenvalue weighted by Crippen LogP contribution is 2.41. The number of anilines is 2. The van der Waals surface area contributed by atoms with Gasteiger partial charge in [-0.2, -0.15) is 0 Å². The monoisotopic (exact) mass is 572 g/mol. The quantitative estimate of drug-likeness (QED) is 0.277. The third-order valence-electron chi connectivity index (χ3n) is 7.59. The summed E-state index contributed by atoms with van der Waals surface area (Å²) in [6, 6.07) is 8.83. The molecule has 1 aliphatic rings. The van der Waals surface area contributed by atoms with Gasteiger partial charge in [-0.25, -0.2) is 0 Å². The van der Waals surface area contributed by atoms with Gasteiger partial charge < -0.3 is 20.9 Å². The first-order valence-corrected chi connectivity index (χ1v) is 15.5. The third-order valence-corrected chi connectivity index (χ3v) is 7.59. The first kappa shape index (κ1) is 33.0. The molecule has 0 saturated heterocycles. The van der Waals surface area contributed by atoms with Gasteiger partial charge >= 0.3 is 0 Å². The van der Waals surface area contributed by atoms with Gasteiger partial charge in [0.05, 0.1) is 12.2 Å². The first-order valence-electron chi connectivity index (χ1n) is 15.5. The van der Waals surface area contributed by atoms with E-state index in [4.69, 9.17) is 20.9 Å². The van der Waals surface area contributed by atoms with Crippen LogP contribution in [0.5, 0.6) is 0 Å². The summed E-state index contributed by atoms with van der Waals surface area (Å²) in [5.41, 5.74) is 23.5. The second kappa shape index (κ2) is 13.2. The summed E-state index contributed by atoms with van der Waals surface area (Å²) in [6.45, 7) is 25.1. The second-order valence-corrected chi connectivity index (χ2v) is 13.3. The highest BCUT2D eigenvalue weighted by atomic mass is 16.5. The molecule has 42 heavy (non-hydrogen) atoms. The van der Waals surface area contributed by atoms with Crippen LogP contribution in [0.2, 0.25) is 0 Å². The predicted octanol–water partition coefficient (Wildman–Crippen LogP) is 9.35. The average molecular weight is 573 g/mol. The maximum atomic E-state index is 13.5. The average Bonchev–Trinajstić information content (AvgIpc) is 2.86. The number of ketones is 1. The van der Waals surface area contributed by atoms with Crippen LogP contribution in [0.15, 0.2) is 53.5 Å². The van der Waals surface area contributed by atoms with Gasteiger partial charge in [-0.05, 0) is 132 Å². The summed E-state index contributed by atoms with van der Waals surface area (Å²) in [5, 5.41) is 0. The van der Waals surface area contributed by atoms with E-state index in [-0.39, 0.29) is 53.2 Å². The van der Waals surface area contributed by atoms with E-state index >= 15 is 0 Å². The molecule has 0 amide bonds. The van der Waals surface area contributed by atoms with Crippen molar-refractivity contribution in [2.45, 2.75) is 119 Å². The zero-order valence-corrected chi connectivity index (χ0v) is 27.8. The summed E-state index contributed by atoms with van der Waals surface area (Å²) < 4.78 is 12.1. The largest absolute Gasteiger partial charge is 0.487 e. The lowest BCUT2D eigenvalue weighted by Gasteiger charge is -2.25. The Hall–Kier alpha value is -3.47. The molecule has 1 aliphatic carbocycles. The fraction of sp³-hybridized carbons (Fsp3) is 0.486. The van der Waals surface area contributed by atoms with E-state index in [9.17, 15) is 4.79 Å². The molecule has 3 rings (SSSR count). The van der Waals surface area contributed by atoms with Crippen LogP contribution in [0, 0.1) is 0 Å². The molecule has 0 heterocycles. The van der Waals surface area contributed by atoms with Crippen molar-refractivity contribution in [1.29, 1.82) is 0 Å². The Morgan fingerprint density at radius 1 is 0.548 bits per heavy atom. The van der Waals surface area contributed by atoms with Crippen molar-refractivity contribution in [2.75, 3.05) is 11.5 Å². The number of rotatable bonds is 10. The summed E-state index contributed by atoms with van der Waals surface area (Å²) in [4.78, 5) is 13.5. The number of hydrogen-bond acceptors (Lipinski definition) is 5. The van der Waals surface area contributed by atoms with Crippen LogP contribution >= 0.6 is 0 Å². The number of nitrogen functional groups attached to an aromatic ring is 2. The topological polar surface area (TPSA) is 87.6 Å². The molecule has 2 aromatic rings. The van der Waals surface area contributed by atoms with Gasteiger partial charge in [0, 0.05) is 11.4 Å². The van der Waals surface area contributed by atoms with Crippen LogP contribution in [0.25, 0.3) is 5.57 Å². The molecular weight excluding hydrogens is 520 g/mol. The Morgan fingerprint density at radius 3 is 1.07 bits per heavy atom. The van der Waals surface area contributed by atoms with E-state index in [1.807, 2.05) is 39.8 Å². The predicted molar refractivity (Wildman–Crippen MR) is 178 cm³/mol. The molecule has 0 radical (unpaired) electrons. The smallest absolute Gasteiger partial charge is 0.262 e. The van der Waals surface area contributed by atoms with E-state index in [0.29, 0.717) is 0 Å². The molecule has 228 valence electrons. The van der Waals surface area contributed by atoms with Crippen LogP contribution in [-0.4, -0.2) is 18.0 Å². The molecule has 0 fully saturated rings. The molecule has 0 bridgehead atoms. The molecule has 0 aliphatic heterocycles. The number of hydrogen-bond donors (Lipinski definition) is 2. The minimum absolute atomic E-state index is 0.170. The van der Waals surface area contributed by atoms with Crippen LogP contribution in [0.4, 0.5) is 11.4 Å². The number of ether oxygens (including phenoxy) is 2. The van der Waals surface area contributed by atoms with Crippen molar-refractivity contribution in [3.05, 3.63) is 86.9 Å². The lowest BCUT2D eigenvalue weighted by molar-refractivity contribution is -0.120. The SMILES string of the molecule is CC(C)OC1=CC(=C(c2cc(C(C)C)c(N)c(C(C)C)c2)c2cc(C(C)C)c(N)c(C(C)C)c2)C=C(OC(C)C)C1=O. The fourth-order valence-corrected chi connectivity index (χ4v) is 5.50. The van der Waals surface area contributed by atoms with Crippen LogP contribution in [0.1, 0.15) is 140 Å². The number of Topliss-reactive ketones (excluding diaryl/α,β-unsaturated/α-hetero) is 1. The molecule has 0 saturated carbocycles. The number of allylic oxidation sites excluding steroid dienone is 3. The Labute approximate surface area is 254 Å². The normalized spacial score (nSPS) is 14.0. The van der Waals surface area contributed by atoms with Crippen molar-refractivity contribution in [2.24, 2.45) is 0 Å². The number of benzene rings is 2. The van der Waals surface area contributed by atoms with Crippen molar-refractivity contribution in [3.63, 3.8) is 0 Å². The minimum Gasteiger partial charge on any atom is -0.487 e. The molecule has 5 nitrogen and oxygen atoms in total. The Bertz CT molecular complexity index is 1260. The molecule has 0 unspecified atom stereocenters. The Balaban J connectivity index is 2.58. The van der Waals surface area contributed by atoms with Crippen molar-refractivity contribution < 1.29 is 14.3 Å². The number of nitrogens with two attached hydrogens (primary N) is 2. The Kier molecular flexibility index (Phi) is 10.4. The maximum Gasteiger partial charge on any atom is 0.262 e. The first-order chi connectivity index (χ1) is 19.5. The minimum atomic E-state index is -0.244. The standard InChI is InChI=1S/C37H52N2O3/c1-19(2)28-13-25(14-29(20(3)4)35(28)38)34(26-15-30(21(5)6)36(39)31(16-26)22(7)8)27-17-32(41-23(9)10)37(40)33(18-27)42-24(11)12/h13-24H,38-39H2,1-12H3. The van der Waals surface area contributed by atoms with E-state index in [2.05, 4.69) is 79.7 Å². The molecule has 5 heteroatoms. The van der Waals surface area contributed by atoms with Gasteiger partial charge in [0.1, 0.15) is 0 Å². The van der Waals surface area contributed by atoms with Gasteiger partial charge in [0.2, 0.25) is 0 Å². The second-order valence-electron chi connectivity index (χ2n) is 13.3. The van der Waals surface area contributed by atoms with Crippen molar-refractivity contribution in [3.8, 4) is 0 Å². The van der Waals surface area contributed by atoms with Gasteiger partial charge in [0.25, 0.3) is 5.78 Å². The highest BCUT2D eigenvalue weighted by Gasteiger charge is 2.28. The van der Waals surface area contributed by atoms with Crippen molar-refractivity contribution >= 4 is 22.7 Å². The molecule has 4 N–H and O–H groups in total. The fourth-order valence-electron chi connectivity index (χ4n) is 5.50. The van der Waals surface area contributed by atoms with E-state index in [0.717, 1.165) is 55.9 Å². The van der Waals surface area contributed by atoms with E-state index in [1.165, 1.54) is 0 Å².